The van der Waals surface area contributed by atoms with Gasteiger partial charge in [0.25, 0.3) is 0 Å². The van der Waals surface area contributed by atoms with Crippen molar-refractivity contribution in [3.05, 3.63) is 70.9 Å². The zero-order valence-electron chi connectivity index (χ0n) is 24.8. The van der Waals surface area contributed by atoms with E-state index in [0.29, 0.717) is 29.2 Å². The van der Waals surface area contributed by atoms with E-state index < -0.39 is 41.2 Å². The molecule has 44 heavy (non-hydrogen) atoms. The molecule has 0 aliphatic carbocycles. The zero-order chi connectivity index (χ0) is 32.3. The molecule has 3 aromatic rings. The monoisotopic (exact) mass is 634 g/mol. The maximum absolute atomic E-state index is 13.8. The number of nitrogens with zero attached hydrogens (tertiary/aromatic N) is 2. The molecule has 1 heterocycles. The average Bonchev–Trinajstić information content (AvgIpc) is 2.99. The molecule has 0 bridgehead atoms. The van der Waals surface area contributed by atoms with Gasteiger partial charge in [-0.05, 0) is 54.1 Å². The van der Waals surface area contributed by atoms with Crippen LogP contribution in [-0.4, -0.2) is 72.5 Å². The summed E-state index contributed by atoms with van der Waals surface area (Å²) in [6, 6.07) is 8.46. The summed E-state index contributed by atoms with van der Waals surface area (Å²) >= 11 is 6.00. The molecule has 0 aliphatic heterocycles. The second-order valence-corrected chi connectivity index (χ2v) is 11.4. The number of nitrogens with one attached hydrogen (secondary N) is 4. The highest BCUT2D eigenvalue weighted by Gasteiger charge is 2.23. The summed E-state index contributed by atoms with van der Waals surface area (Å²) in [5.41, 5.74) is -0.0759. The van der Waals surface area contributed by atoms with E-state index in [0.717, 1.165) is 0 Å². The molecule has 5 N–H and O–H groups in total. The molecule has 0 spiro atoms. The van der Waals surface area contributed by atoms with Crippen LogP contribution in [0.2, 0.25) is 5.02 Å². The minimum Gasteiger partial charge on any atom is -0.447 e. The molecule has 11 nitrogen and oxygen atoms in total. The Hall–Kier alpha value is -4.23. The number of aliphatic hydroxyl groups excluding tert-OH is 1. The highest BCUT2D eigenvalue weighted by molar-refractivity contribution is 6.31. The average molecular weight is 635 g/mol. The fourth-order valence-corrected chi connectivity index (χ4v) is 4.20. The Morgan fingerprint density at radius 3 is 2.61 bits per heavy atom. The van der Waals surface area contributed by atoms with Crippen LogP contribution in [0.3, 0.4) is 0 Å². The third-order valence-electron chi connectivity index (χ3n) is 6.81. The van der Waals surface area contributed by atoms with E-state index in [1.165, 1.54) is 48.5 Å². The predicted octanol–water partition coefficient (Wildman–Crippen LogP) is 5.02. The van der Waals surface area contributed by atoms with Crippen LogP contribution >= 0.6 is 11.6 Å². The van der Waals surface area contributed by atoms with Gasteiger partial charge in [-0.25, -0.2) is 28.1 Å². The van der Waals surface area contributed by atoms with Crippen LogP contribution < -0.4 is 21.3 Å². The van der Waals surface area contributed by atoms with Crippen LogP contribution in [0.5, 0.6) is 0 Å². The van der Waals surface area contributed by atoms with E-state index in [1.54, 1.807) is 12.1 Å². The summed E-state index contributed by atoms with van der Waals surface area (Å²) in [6.45, 7) is 3.85. The first kappa shape index (κ1) is 34.3. The van der Waals surface area contributed by atoms with Gasteiger partial charge in [0.15, 0.2) is 0 Å². The van der Waals surface area contributed by atoms with Gasteiger partial charge in [0, 0.05) is 50.3 Å². The number of fused-ring (bicyclic) bond motifs is 1. The molecule has 0 fully saturated rings. The number of likely N-dealkylation sites (N-methyl/N-ethyl adjacent to an activating group) is 1. The number of hydrogen-bond acceptors (Lipinski definition) is 6. The molecule has 14 heteroatoms. The van der Waals surface area contributed by atoms with E-state index in [9.17, 15) is 28.3 Å². The SMILES string of the molecule is CN(C(=O)NCc1cccc(F)c1Cl)[C@@H](CCCNC(=O)NCC(C)(C)CO)COC(=O)Nc1cc2cc(F)ccc2cn1. The van der Waals surface area contributed by atoms with Crippen LogP contribution in [0.15, 0.2) is 48.7 Å². The van der Waals surface area contributed by atoms with Gasteiger partial charge in [0.1, 0.15) is 24.1 Å². The largest absolute Gasteiger partial charge is 0.447 e. The van der Waals surface area contributed by atoms with Crippen LogP contribution in [0.4, 0.5) is 29.0 Å². The summed E-state index contributed by atoms with van der Waals surface area (Å²) in [5, 5.41) is 21.1. The number of aliphatic hydroxyl groups is 1. The lowest BCUT2D eigenvalue weighted by Gasteiger charge is -2.28. The molecule has 3 rings (SSSR count). The maximum Gasteiger partial charge on any atom is 0.412 e. The smallest absolute Gasteiger partial charge is 0.412 e. The van der Waals surface area contributed by atoms with Gasteiger partial charge in [0.05, 0.1) is 11.1 Å². The number of urea groups is 2. The van der Waals surface area contributed by atoms with Crippen LogP contribution in [0, 0.1) is 17.0 Å². The Balaban J connectivity index is 1.59. The zero-order valence-corrected chi connectivity index (χ0v) is 25.5. The maximum atomic E-state index is 13.8. The van der Waals surface area contributed by atoms with Crippen molar-refractivity contribution in [3.63, 3.8) is 0 Å². The standard InChI is InChI=1S/C30H37ClF2N6O5/c1-30(2,18-40)17-37-27(41)34-11-5-7-23(39(3)28(42)36-15-20-6-4-8-24(33)26(20)31)16-44-29(43)38-25-13-21-12-22(32)10-9-19(21)14-35-25/h4,6,8-10,12-14,23,40H,5,7,11,15-18H2,1-3H3,(H,36,42)(H2,34,37,41)(H,35,38,43)/t23-/m0/s1. The summed E-state index contributed by atoms with van der Waals surface area (Å²) in [5.74, 6) is -0.879. The molecule has 1 atom stereocenters. The number of benzene rings is 2. The normalized spacial score (nSPS) is 11.9. The first-order valence-corrected chi connectivity index (χ1v) is 14.3. The molecule has 0 saturated carbocycles. The quantitative estimate of drug-likeness (QED) is 0.167. The molecule has 0 saturated heterocycles. The van der Waals surface area contributed by atoms with Gasteiger partial charge in [-0.1, -0.05) is 37.6 Å². The highest BCUT2D eigenvalue weighted by Crippen LogP contribution is 2.20. The predicted molar refractivity (Wildman–Crippen MR) is 163 cm³/mol. The van der Waals surface area contributed by atoms with Crippen LogP contribution in [0.1, 0.15) is 32.3 Å². The first-order valence-electron chi connectivity index (χ1n) is 13.9. The van der Waals surface area contributed by atoms with Gasteiger partial charge < -0.3 is 30.7 Å². The van der Waals surface area contributed by atoms with Gasteiger partial charge in [-0.15, -0.1) is 0 Å². The number of anilines is 1. The number of ether oxygens (including phenoxy) is 1. The molecule has 238 valence electrons. The molecule has 1 aromatic heterocycles. The number of carbonyl (C=O) groups excluding carboxylic acids is 3. The summed E-state index contributed by atoms with van der Waals surface area (Å²) in [7, 11) is 1.52. The van der Waals surface area contributed by atoms with Crippen molar-refractivity contribution in [3.8, 4) is 0 Å². The third-order valence-corrected chi connectivity index (χ3v) is 7.23. The Labute approximate surface area is 259 Å². The van der Waals surface area contributed by atoms with Crippen molar-refractivity contribution in [2.45, 2.75) is 39.3 Å². The van der Waals surface area contributed by atoms with Gasteiger partial charge in [0.2, 0.25) is 0 Å². The van der Waals surface area contributed by atoms with Gasteiger partial charge in [-0.3, -0.25) is 5.32 Å². The van der Waals surface area contributed by atoms with Crippen molar-refractivity contribution in [1.29, 1.82) is 0 Å². The van der Waals surface area contributed by atoms with Crippen LogP contribution in [-0.2, 0) is 11.3 Å². The molecule has 0 aliphatic rings. The summed E-state index contributed by atoms with van der Waals surface area (Å²) in [6.07, 6.45) is 1.43. The lowest BCUT2D eigenvalue weighted by atomic mass is 9.95. The van der Waals surface area contributed by atoms with E-state index in [4.69, 9.17) is 16.3 Å². The Kier molecular flexibility index (Phi) is 12.5. The first-order chi connectivity index (χ1) is 20.9. The van der Waals surface area contributed by atoms with E-state index in [1.807, 2.05) is 13.8 Å². The summed E-state index contributed by atoms with van der Waals surface area (Å²) in [4.78, 5) is 43.2. The second kappa shape index (κ2) is 16.0. The van der Waals surface area contributed by atoms with Gasteiger partial charge >= 0.3 is 18.2 Å². The minimum absolute atomic E-state index is 0.0338. The molecule has 5 amide bonds. The van der Waals surface area contributed by atoms with E-state index >= 15 is 0 Å². The molecule has 0 radical (unpaired) electrons. The number of carbonyl (C=O) groups is 3. The second-order valence-electron chi connectivity index (χ2n) is 11.0. The van der Waals surface area contributed by atoms with Crippen molar-refractivity contribution in [2.75, 3.05) is 38.7 Å². The fourth-order valence-electron chi connectivity index (χ4n) is 4.01. The van der Waals surface area contributed by atoms with Gasteiger partial charge in [-0.2, -0.15) is 0 Å². The lowest BCUT2D eigenvalue weighted by molar-refractivity contribution is 0.113. The lowest BCUT2D eigenvalue weighted by Crippen LogP contribution is -2.46. The molecular formula is C30H37ClF2N6O5. The van der Waals surface area contributed by atoms with Crippen molar-refractivity contribution in [2.24, 2.45) is 5.41 Å². The van der Waals surface area contributed by atoms with E-state index in [2.05, 4.69) is 26.3 Å². The molecule has 2 aromatic carbocycles. The Bertz CT molecular complexity index is 1460. The van der Waals surface area contributed by atoms with Crippen LogP contribution in [0.25, 0.3) is 10.8 Å². The number of aromatic nitrogens is 1. The summed E-state index contributed by atoms with van der Waals surface area (Å²) < 4.78 is 32.8. The number of pyridine rings is 1. The van der Waals surface area contributed by atoms with E-state index in [-0.39, 0.29) is 43.7 Å². The Morgan fingerprint density at radius 2 is 1.86 bits per heavy atom. The molecular weight excluding hydrogens is 598 g/mol. The number of rotatable bonds is 13. The number of amides is 5. The van der Waals surface area contributed by atoms with Crippen molar-refractivity contribution in [1.82, 2.24) is 25.8 Å². The topological polar surface area (TPSA) is 145 Å². The number of hydrogen-bond donors (Lipinski definition) is 5. The highest BCUT2D eigenvalue weighted by atomic mass is 35.5. The molecule has 0 unspecified atom stereocenters. The number of halogens is 3. The van der Waals surface area contributed by atoms with Crippen molar-refractivity contribution >= 4 is 46.3 Å². The fraction of sp³-hybridized carbons (Fsp3) is 0.400. The van der Waals surface area contributed by atoms with Crippen molar-refractivity contribution < 1.29 is 33.0 Å². The Morgan fingerprint density at radius 1 is 1.09 bits per heavy atom. The third kappa shape index (κ3) is 10.5. The minimum atomic E-state index is -0.831.